The first-order valence-corrected chi connectivity index (χ1v) is 14.3. The molecule has 0 aromatic carbocycles. The summed E-state index contributed by atoms with van der Waals surface area (Å²) in [5, 5.41) is 15.0. The van der Waals surface area contributed by atoms with Crippen LogP contribution >= 0.6 is 0 Å². The average molecular weight is 521 g/mol. The van der Waals surface area contributed by atoms with E-state index in [9.17, 15) is 18.3 Å². The molecule has 2 atom stereocenters. The number of aliphatic hydroxyl groups is 1. The van der Waals surface area contributed by atoms with Crippen molar-refractivity contribution in [1.29, 1.82) is 0 Å². The summed E-state index contributed by atoms with van der Waals surface area (Å²) in [7, 11) is -3.54. The molecule has 1 saturated carbocycles. The standard InChI is InChI=1S/C24H36N6O5S/c1-16-14-17-15-25-23(27-21(17)30(22(16)31)20-4-3-9-24(20,2)32)26-18-5-10-29(11-6-18)36(33,34)28-19-7-12-35-13-8-19/h14-15,18-20,28,32H,3-13H2,1-2H3,(H,25,26,27)/t20-,24-/m0/s1. The van der Waals surface area contributed by atoms with Crippen LogP contribution in [0.25, 0.3) is 11.0 Å². The molecule has 2 saturated heterocycles. The van der Waals surface area contributed by atoms with E-state index in [1.807, 2.05) is 0 Å². The molecule has 2 aliphatic heterocycles. The zero-order valence-electron chi connectivity index (χ0n) is 20.9. The monoisotopic (exact) mass is 520 g/mol. The van der Waals surface area contributed by atoms with Gasteiger partial charge in [-0.05, 0) is 64.9 Å². The summed E-state index contributed by atoms with van der Waals surface area (Å²) in [5.41, 5.74) is -0.0108. The van der Waals surface area contributed by atoms with E-state index in [0.717, 1.165) is 11.8 Å². The number of aryl methyl sites for hydroxylation is 1. The molecule has 11 nitrogen and oxygen atoms in total. The molecule has 3 fully saturated rings. The lowest BCUT2D eigenvalue weighted by Crippen LogP contribution is -2.50. The lowest BCUT2D eigenvalue weighted by atomic mass is 9.99. The summed E-state index contributed by atoms with van der Waals surface area (Å²) in [6, 6.07) is 1.38. The van der Waals surface area contributed by atoms with E-state index >= 15 is 0 Å². The van der Waals surface area contributed by atoms with Crippen LogP contribution < -0.4 is 15.6 Å². The van der Waals surface area contributed by atoms with Gasteiger partial charge in [-0.2, -0.15) is 22.4 Å². The Kier molecular flexibility index (Phi) is 7.07. The fourth-order valence-electron chi connectivity index (χ4n) is 5.68. The van der Waals surface area contributed by atoms with E-state index in [4.69, 9.17) is 9.72 Å². The van der Waals surface area contributed by atoms with E-state index in [-0.39, 0.29) is 23.7 Å². The number of fused-ring (bicyclic) bond motifs is 1. The number of aromatic nitrogens is 3. The van der Waals surface area contributed by atoms with Crippen molar-refractivity contribution in [3.8, 4) is 0 Å². The Bertz CT molecular complexity index is 1270. The predicted octanol–water partition coefficient (Wildman–Crippen LogP) is 1.47. The van der Waals surface area contributed by atoms with Crippen LogP contribution in [0.2, 0.25) is 0 Å². The minimum absolute atomic E-state index is 0.0113. The lowest BCUT2D eigenvalue weighted by Gasteiger charge is -2.33. The number of anilines is 1. The normalized spacial score (nSPS) is 27.0. The van der Waals surface area contributed by atoms with E-state index in [1.54, 1.807) is 30.7 Å². The third-order valence-electron chi connectivity index (χ3n) is 7.81. The largest absolute Gasteiger partial charge is 0.388 e. The first-order valence-electron chi connectivity index (χ1n) is 12.9. The summed E-state index contributed by atoms with van der Waals surface area (Å²) in [6.07, 6.45) is 6.53. The smallest absolute Gasteiger partial charge is 0.279 e. The van der Waals surface area contributed by atoms with Crippen molar-refractivity contribution in [2.45, 2.75) is 82.5 Å². The van der Waals surface area contributed by atoms with E-state index in [0.29, 0.717) is 82.0 Å². The summed E-state index contributed by atoms with van der Waals surface area (Å²) in [4.78, 5) is 22.3. The molecule has 198 valence electrons. The topological polar surface area (TPSA) is 139 Å². The molecule has 12 heteroatoms. The highest BCUT2D eigenvalue weighted by Crippen LogP contribution is 2.39. The second-order valence-corrected chi connectivity index (χ2v) is 12.3. The Labute approximate surface area is 211 Å². The van der Waals surface area contributed by atoms with Gasteiger partial charge in [0.2, 0.25) is 5.95 Å². The number of hydrogen-bond acceptors (Lipinski definition) is 8. The number of pyridine rings is 1. The van der Waals surface area contributed by atoms with Gasteiger partial charge in [-0.3, -0.25) is 9.36 Å². The summed E-state index contributed by atoms with van der Waals surface area (Å²) < 4.78 is 36.9. The molecular formula is C24H36N6O5S. The maximum absolute atomic E-state index is 13.1. The fourth-order valence-corrected chi connectivity index (χ4v) is 7.18. The van der Waals surface area contributed by atoms with Crippen LogP contribution in [-0.4, -0.2) is 76.4 Å². The van der Waals surface area contributed by atoms with Gasteiger partial charge in [0.15, 0.2) is 0 Å². The molecular weight excluding hydrogens is 484 g/mol. The summed E-state index contributed by atoms with van der Waals surface area (Å²) in [5.74, 6) is 0.402. The van der Waals surface area contributed by atoms with Crippen LogP contribution in [0, 0.1) is 6.92 Å². The maximum atomic E-state index is 13.1. The van der Waals surface area contributed by atoms with Crippen molar-refractivity contribution in [3.63, 3.8) is 0 Å². The van der Waals surface area contributed by atoms with Crippen LogP contribution in [0.15, 0.2) is 17.1 Å². The van der Waals surface area contributed by atoms with Crippen LogP contribution in [0.1, 0.15) is 63.5 Å². The molecule has 5 rings (SSSR count). The Balaban J connectivity index is 1.30. The SMILES string of the molecule is Cc1cc2cnc(NC3CCN(S(=O)(=O)NC4CCOCC4)CC3)nc2n([C@H]2CCC[C@]2(C)O)c1=O. The van der Waals surface area contributed by atoms with Crippen LogP contribution in [0.4, 0.5) is 5.95 Å². The van der Waals surface area contributed by atoms with Gasteiger partial charge in [0.05, 0.1) is 11.6 Å². The second-order valence-electron chi connectivity index (χ2n) is 10.6. The lowest BCUT2D eigenvalue weighted by molar-refractivity contribution is 0.0266. The molecule has 0 spiro atoms. The molecule has 3 aliphatic rings. The van der Waals surface area contributed by atoms with E-state index in [1.165, 1.54) is 4.31 Å². The number of rotatable bonds is 6. The Hall–Kier alpha value is -2.12. The van der Waals surface area contributed by atoms with Gasteiger partial charge in [-0.1, -0.05) is 0 Å². The molecule has 0 bridgehead atoms. The molecule has 0 amide bonds. The second kappa shape index (κ2) is 9.97. The first kappa shape index (κ1) is 25.5. The number of piperidine rings is 1. The van der Waals surface area contributed by atoms with Crippen molar-refractivity contribution in [1.82, 2.24) is 23.6 Å². The minimum Gasteiger partial charge on any atom is -0.388 e. The van der Waals surface area contributed by atoms with Crippen LogP contribution in [0.5, 0.6) is 0 Å². The summed E-state index contributed by atoms with van der Waals surface area (Å²) in [6.45, 7) is 5.52. The van der Waals surface area contributed by atoms with Crippen molar-refractivity contribution >= 4 is 27.2 Å². The van der Waals surface area contributed by atoms with Crippen molar-refractivity contribution in [3.05, 3.63) is 28.2 Å². The Morgan fingerprint density at radius 2 is 1.86 bits per heavy atom. The van der Waals surface area contributed by atoms with Gasteiger partial charge < -0.3 is 15.2 Å². The minimum atomic E-state index is -3.54. The molecule has 36 heavy (non-hydrogen) atoms. The molecule has 4 heterocycles. The Morgan fingerprint density at radius 1 is 1.14 bits per heavy atom. The van der Waals surface area contributed by atoms with Gasteiger partial charge in [0.25, 0.3) is 15.8 Å². The molecule has 0 unspecified atom stereocenters. The predicted molar refractivity (Wildman–Crippen MR) is 136 cm³/mol. The number of ether oxygens (including phenoxy) is 1. The fraction of sp³-hybridized carbons (Fsp3) is 0.708. The zero-order valence-corrected chi connectivity index (χ0v) is 21.8. The quantitative estimate of drug-likeness (QED) is 0.520. The molecule has 3 N–H and O–H groups in total. The van der Waals surface area contributed by atoms with Gasteiger partial charge >= 0.3 is 0 Å². The number of nitrogens with zero attached hydrogens (tertiary/aromatic N) is 4. The van der Waals surface area contributed by atoms with Gasteiger partial charge in [0, 0.05) is 55.5 Å². The molecule has 2 aromatic heterocycles. The third-order valence-corrected chi connectivity index (χ3v) is 9.48. The van der Waals surface area contributed by atoms with Gasteiger partial charge in [0.1, 0.15) is 5.65 Å². The van der Waals surface area contributed by atoms with Crippen LogP contribution in [-0.2, 0) is 14.9 Å². The van der Waals surface area contributed by atoms with Gasteiger partial charge in [-0.25, -0.2) is 4.98 Å². The van der Waals surface area contributed by atoms with E-state index < -0.39 is 15.8 Å². The first-order chi connectivity index (χ1) is 17.1. The summed E-state index contributed by atoms with van der Waals surface area (Å²) >= 11 is 0. The highest BCUT2D eigenvalue weighted by molar-refractivity contribution is 7.87. The van der Waals surface area contributed by atoms with Crippen molar-refractivity contribution < 1.29 is 18.3 Å². The molecule has 0 radical (unpaired) electrons. The highest BCUT2D eigenvalue weighted by atomic mass is 32.2. The molecule has 1 aliphatic carbocycles. The Morgan fingerprint density at radius 3 is 2.53 bits per heavy atom. The highest BCUT2D eigenvalue weighted by Gasteiger charge is 2.39. The molecule has 2 aromatic rings. The zero-order chi connectivity index (χ0) is 25.5. The van der Waals surface area contributed by atoms with Crippen molar-refractivity contribution in [2.75, 3.05) is 31.6 Å². The number of hydrogen-bond donors (Lipinski definition) is 3. The van der Waals surface area contributed by atoms with Gasteiger partial charge in [-0.15, -0.1) is 0 Å². The van der Waals surface area contributed by atoms with E-state index in [2.05, 4.69) is 15.0 Å². The third kappa shape index (κ3) is 5.14. The maximum Gasteiger partial charge on any atom is 0.279 e. The van der Waals surface area contributed by atoms with Crippen LogP contribution in [0.3, 0.4) is 0 Å². The van der Waals surface area contributed by atoms with Crippen molar-refractivity contribution in [2.24, 2.45) is 0 Å². The number of nitrogens with one attached hydrogen (secondary N) is 2. The average Bonchev–Trinajstić information content (AvgIpc) is 3.19.